The smallest absolute Gasteiger partial charge is 0.197 e. The molecule has 0 aliphatic carbocycles. The highest BCUT2D eigenvalue weighted by Crippen LogP contribution is 2.44. The van der Waals surface area contributed by atoms with Crippen molar-refractivity contribution in [3.8, 4) is 0 Å². The first-order valence-electron chi connectivity index (χ1n) is 8.20. The van der Waals surface area contributed by atoms with Crippen molar-refractivity contribution in [3.63, 3.8) is 0 Å². The number of rotatable bonds is 3. The average Bonchev–Trinajstić information content (AvgIpc) is 2.57. The van der Waals surface area contributed by atoms with Crippen LogP contribution in [0.25, 0.3) is 0 Å². The number of fused-ring (bicyclic) bond motifs is 3. The highest BCUT2D eigenvalue weighted by atomic mass is 16.1. The number of Topliss-reactive ketones (excluding diaryl/α,β-unsaturated/α-hetero) is 1. The molecule has 112 valence electrons. The SMILES string of the molecule is O=C1C[N+]2(Cc3ccccc3)CCC1(c1ccccc1)CC2. The Morgan fingerprint density at radius 2 is 1.45 bits per heavy atom. The van der Waals surface area contributed by atoms with Crippen LogP contribution in [0.1, 0.15) is 24.0 Å². The third-order valence-corrected chi connectivity index (χ3v) is 5.73. The first-order valence-corrected chi connectivity index (χ1v) is 8.20. The van der Waals surface area contributed by atoms with Crippen LogP contribution in [0.2, 0.25) is 0 Å². The minimum absolute atomic E-state index is 0.196. The van der Waals surface area contributed by atoms with E-state index in [4.69, 9.17) is 0 Å². The van der Waals surface area contributed by atoms with Crippen molar-refractivity contribution >= 4 is 5.78 Å². The fourth-order valence-corrected chi connectivity index (χ4v) is 4.38. The lowest BCUT2D eigenvalue weighted by atomic mass is 9.65. The summed E-state index contributed by atoms with van der Waals surface area (Å²) in [5.41, 5.74) is 2.39. The van der Waals surface area contributed by atoms with Crippen molar-refractivity contribution in [2.45, 2.75) is 24.8 Å². The minimum Gasteiger partial charge on any atom is -0.314 e. The maximum absolute atomic E-state index is 13.0. The highest BCUT2D eigenvalue weighted by molar-refractivity contribution is 5.92. The second-order valence-corrected chi connectivity index (χ2v) is 6.96. The fourth-order valence-electron chi connectivity index (χ4n) is 4.38. The molecule has 0 atom stereocenters. The summed E-state index contributed by atoms with van der Waals surface area (Å²) in [7, 11) is 0. The molecule has 0 aromatic heterocycles. The molecule has 2 aromatic carbocycles. The van der Waals surface area contributed by atoms with Crippen LogP contribution in [-0.2, 0) is 16.8 Å². The normalized spacial score (nSPS) is 30.5. The Morgan fingerprint density at radius 3 is 2.05 bits per heavy atom. The number of benzene rings is 2. The Balaban J connectivity index is 1.61. The van der Waals surface area contributed by atoms with Crippen LogP contribution in [0.5, 0.6) is 0 Å². The molecule has 2 aromatic rings. The van der Waals surface area contributed by atoms with E-state index >= 15 is 0 Å². The molecule has 0 unspecified atom stereocenters. The maximum atomic E-state index is 13.0. The summed E-state index contributed by atoms with van der Waals surface area (Å²) in [6, 6.07) is 21.1. The highest BCUT2D eigenvalue weighted by Gasteiger charge is 2.55. The van der Waals surface area contributed by atoms with Gasteiger partial charge >= 0.3 is 0 Å². The van der Waals surface area contributed by atoms with Gasteiger partial charge in [0.1, 0.15) is 13.1 Å². The molecule has 2 heteroatoms. The van der Waals surface area contributed by atoms with Gasteiger partial charge in [0.15, 0.2) is 5.78 Å². The van der Waals surface area contributed by atoms with Gasteiger partial charge in [-0.3, -0.25) is 4.79 Å². The van der Waals surface area contributed by atoms with Gasteiger partial charge < -0.3 is 4.48 Å². The van der Waals surface area contributed by atoms with Gasteiger partial charge in [0.2, 0.25) is 0 Å². The second kappa shape index (κ2) is 5.06. The fraction of sp³-hybridized carbons (Fsp3) is 0.350. The average molecular weight is 292 g/mol. The molecule has 0 spiro atoms. The number of carbonyl (C=O) groups excluding carboxylic acids is 1. The summed E-state index contributed by atoms with van der Waals surface area (Å²) in [5, 5.41) is 0. The number of quaternary nitrogens is 1. The maximum Gasteiger partial charge on any atom is 0.197 e. The standard InChI is InChI=1S/C20H22NO/c22-19-16-21(15-17-7-3-1-4-8-17)13-11-20(19,12-14-21)18-9-5-2-6-10-18/h1-10H,11-16H2/q+1. The molecule has 2 bridgehead atoms. The molecule has 3 aliphatic heterocycles. The minimum atomic E-state index is -0.196. The zero-order valence-electron chi connectivity index (χ0n) is 12.9. The molecule has 0 saturated carbocycles. The molecule has 0 N–H and O–H groups in total. The summed E-state index contributed by atoms with van der Waals surface area (Å²) in [6.07, 6.45) is 2.01. The summed E-state index contributed by atoms with van der Waals surface area (Å²) >= 11 is 0. The van der Waals surface area contributed by atoms with Gasteiger partial charge in [-0.05, 0) is 5.56 Å². The van der Waals surface area contributed by atoms with Crippen LogP contribution < -0.4 is 0 Å². The molecular formula is C20H22NO+. The molecule has 2 nitrogen and oxygen atoms in total. The lowest BCUT2D eigenvalue weighted by Gasteiger charge is -2.53. The van der Waals surface area contributed by atoms with Crippen LogP contribution in [0.15, 0.2) is 60.7 Å². The molecule has 3 fully saturated rings. The van der Waals surface area contributed by atoms with Crippen LogP contribution in [-0.4, -0.2) is 29.9 Å². The number of carbonyl (C=O) groups is 1. The van der Waals surface area contributed by atoms with Crippen molar-refractivity contribution in [1.82, 2.24) is 0 Å². The van der Waals surface area contributed by atoms with Gasteiger partial charge in [-0.25, -0.2) is 0 Å². The number of hydrogen-bond donors (Lipinski definition) is 0. The molecule has 3 saturated heterocycles. The predicted octanol–water partition coefficient (Wildman–Crippen LogP) is 3.32. The lowest BCUT2D eigenvalue weighted by molar-refractivity contribution is -0.944. The number of hydrogen-bond acceptors (Lipinski definition) is 1. The Hall–Kier alpha value is -1.93. The van der Waals surface area contributed by atoms with E-state index in [1.807, 2.05) is 6.07 Å². The van der Waals surface area contributed by atoms with Gasteiger partial charge in [-0.2, -0.15) is 0 Å². The van der Waals surface area contributed by atoms with Crippen LogP contribution in [0, 0.1) is 0 Å². The van der Waals surface area contributed by atoms with Crippen molar-refractivity contribution in [2.75, 3.05) is 19.6 Å². The first kappa shape index (κ1) is 13.7. The monoisotopic (exact) mass is 292 g/mol. The van der Waals surface area contributed by atoms with Gasteiger partial charge in [0.25, 0.3) is 0 Å². The molecule has 3 heterocycles. The van der Waals surface area contributed by atoms with E-state index in [-0.39, 0.29) is 5.41 Å². The summed E-state index contributed by atoms with van der Waals surface area (Å²) < 4.78 is 0.956. The Morgan fingerprint density at radius 1 is 0.864 bits per heavy atom. The Bertz CT molecular complexity index is 669. The van der Waals surface area contributed by atoms with Gasteiger partial charge in [-0.15, -0.1) is 0 Å². The molecule has 0 amide bonds. The van der Waals surface area contributed by atoms with Crippen LogP contribution in [0.4, 0.5) is 0 Å². The third kappa shape index (κ3) is 2.10. The second-order valence-electron chi connectivity index (χ2n) is 6.96. The van der Waals surface area contributed by atoms with Gasteiger partial charge in [0.05, 0.1) is 18.5 Å². The zero-order chi connectivity index (χ0) is 15.0. The zero-order valence-corrected chi connectivity index (χ0v) is 12.9. The largest absolute Gasteiger partial charge is 0.314 e. The molecule has 3 aliphatic rings. The molecule has 5 rings (SSSR count). The predicted molar refractivity (Wildman–Crippen MR) is 87.4 cm³/mol. The van der Waals surface area contributed by atoms with Crippen molar-refractivity contribution in [1.29, 1.82) is 0 Å². The number of nitrogens with zero attached hydrogens (tertiary/aromatic N) is 1. The first-order chi connectivity index (χ1) is 10.7. The van der Waals surface area contributed by atoms with Crippen molar-refractivity contribution in [3.05, 3.63) is 71.8 Å². The molecule has 0 radical (unpaired) electrons. The van der Waals surface area contributed by atoms with E-state index < -0.39 is 0 Å². The van der Waals surface area contributed by atoms with Crippen molar-refractivity contribution in [2.24, 2.45) is 0 Å². The third-order valence-electron chi connectivity index (χ3n) is 5.73. The van der Waals surface area contributed by atoms with E-state index in [1.54, 1.807) is 0 Å². The number of ketones is 1. The summed E-state index contributed by atoms with van der Waals surface area (Å²) in [4.78, 5) is 13.0. The lowest BCUT2D eigenvalue weighted by Crippen LogP contribution is -2.67. The quantitative estimate of drug-likeness (QED) is 0.793. The molecular weight excluding hydrogens is 270 g/mol. The van der Waals surface area contributed by atoms with E-state index in [0.29, 0.717) is 12.3 Å². The van der Waals surface area contributed by atoms with Gasteiger partial charge in [-0.1, -0.05) is 60.7 Å². The van der Waals surface area contributed by atoms with Crippen molar-refractivity contribution < 1.29 is 9.28 Å². The molecule has 22 heavy (non-hydrogen) atoms. The Kier molecular flexibility index (Phi) is 3.16. The topological polar surface area (TPSA) is 17.1 Å². The van der Waals surface area contributed by atoms with Crippen LogP contribution >= 0.6 is 0 Å². The number of piperidine rings is 3. The van der Waals surface area contributed by atoms with E-state index in [0.717, 1.165) is 37.0 Å². The summed E-state index contributed by atoms with van der Waals surface area (Å²) in [5.74, 6) is 0.451. The van der Waals surface area contributed by atoms with E-state index in [9.17, 15) is 4.79 Å². The van der Waals surface area contributed by atoms with E-state index in [1.165, 1.54) is 11.1 Å². The van der Waals surface area contributed by atoms with E-state index in [2.05, 4.69) is 54.6 Å². The summed E-state index contributed by atoms with van der Waals surface area (Å²) in [6.45, 7) is 3.94. The Labute approximate surface area is 132 Å². The van der Waals surface area contributed by atoms with Crippen LogP contribution in [0.3, 0.4) is 0 Å². The van der Waals surface area contributed by atoms with Gasteiger partial charge in [0, 0.05) is 18.4 Å².